The van der Waals surface area contributed by atoms with Gasteiger partial charge in [0, 0.05) is 24.0 Å². The number of ether oxygens (including phenoxy) is 1. The highest BCUT2D eigenvalue weighted by Crippen LogP contribution is 2.52. The Morgan fingerprint density at radius 2 is 2.15 bits per heavy atom. The molecule has 2 aromatic rings. The molecule has 7 nitrogen and oxygen atoms in total. The van der Waals surface area contributed by atoms with E-state index in [0.29, 0.717) is 13.1 Å². The van der Waals surface area contributed by atoms with E-state index in [-0.39, 0.29) is 40.4 Å². The predicted octanol–water partition coefficient (Wildman–Crippen LogP) is 1.47. The van der Waals surface area contributed by atoms with E-state index >= 15 is 4.39 Å². The first-order valence-electron chi connectivity index (χ1n) is 8.73. The summed E-state index contributed by atoms with van der Waals surface area (Å²) in [7, 11) is 0. The lowest BCUT2D eigenvalue weighted by Crippen LogP contribution is -2.37. The molecule has 1 aromatic heterocycles. The van der Waals surface area contributed by atoms with Crippen molar-refractivity contribution >= 4 is 22.6 Å². The lowest BCUT2D eigenvalue weighted by Gasteiger charge is -2.31. The van der Waals surface area contributed by atoms with E-state index in [0.717, 1.165) is 12.5 Å². The number of anilines is 1. The van der Waals surface area contributed by atoms with E-state index in [1.807, 2.05) is 0 Å². The predicted molar refractivity (Wildman–Crippen MR) is 92.5 cm³/mol. The third-order valence-corrected chi connectivity index (χ3v) is 5.96. The highest BCUT2D eigenvalue weighted by molar-refractivity contribution is 5.97. The molecule has 3 heterocycles. The molecule has 2 fully saturated rings. The van der Waals surface area contributed by atoms with Crippen molar-refractivity contribution in [3.63, 3.8) is 0 Å². The lowest BCUT2D eigenvalue weighted by molar-refractivity contribution is 0.0694. The number of aromatic carboxylic acids is 1. The Bertz CT molecular complexity index is 1100. The Morgan fingerprint density at radius 3 is 2.78 bits per heavy atom. The van der Waals surface area contributed by atoms with Gasteiger partial charge < -0.3 is 20.5 Å². The van der Waals surface area contributed by atoms with Crippen LogP contribution in [0.4, 0.5) is 14.5 Å². The van der Waals surface area contributed by atoms with Gasteiger partial charge in [0.1, 0.15) is 17.9 Å². The summed E-state index contributed by atoms with van der Waals surface area (Å²) in [5.74, 6) is -3.50. The molecular formula is C18H17F2N3O4. The third-order valence-electron chi connectivity index (χ3n) is 5.96. The van der Waals surface area contributed by atoms with Crippen molar-refractivity contribution in [3.8, 4) is 5.75 Å². The summed E-state index contributed by atoms with van der Waals surface area (Å²) in [4.78, 5) is 25.7. The first-order chi connectivity index (χ1) is 12.7. The fourth-order valence-corrected chi connectivity index (χ4v) is 4.44. The molecule has 0 radical (unpaired) electrons. The Balaban J connectivity index is 1.85. The van der Waals surface area contributed by atoms with E-state index in [1.165, 1.54) is 4.57 Å². The Labute approximate surface area is 151 Å². The first kappa shape index (κ1) is 16.5. The van der Waals surface area contributed by atoms with Gasteiger partial charge >= 0.3 is 5.97 Å². The monoisotopic (exact) mass is 377 g/mol. The second-order valence-corrected chi connectivity index (χ2v) is 7.78. The van der Waals surface area contributed by atoms with E-state index in [1.54, 1.807) is 11.8 Å². The first-order valence-corrected chi connectivity index (χ1v) is 8.73. The molecule has 9 heteroatoms. The summed E-state index contributed by atoms with van der Waals surface area (Å²) in [6.07, 6.45) is 0.848. The van der Waals surface area contributed by atoms with Crippen LogP contribution in [-0.2, 0) is 0 Å². The summed E-state index contributed by atoms with van der Waals surface area (Å²) < 4.78 is 36.9. The van der Waals surface area contributed by atoms with Crippen LogP contribution in [0.15, 0.2) is 10.9 Å². The zero-order valence-corrected chi connectivity index (χ0v) is 14.5. The van der Waals surface area contributed by atoms with E-state index in [4.69, 9.17) is 10.5 Å². The molecule has 1 saturated carbocycles. The highest BCUT2D eigenvalue weighted by Gasteiger charge is 2.58. The van der Waals surface area contributed by atoms with E-state index in [2.05, 4.69) is 0 Å². The number of carboxylic acids is 1. The summed E-state index contributed by atoms with van der Waals surface area (Å²) in [6.45, 7) is 2.58. The molecule has 5 rings (SSSR count). The molecule has 2 aliphatic heterocycles. The number of carbonyl (C=O) groups is 1. The number of benzene rings is 1. The van der Waals surface area contributed by atoms with Crippen molar-refractivity contribution in [2.24, 2.45) is 11.7 Å². The number of rotatable bonds is 2. The number of pyridine rings is 1. The summed E-state index contributed by atoms with van der Waals surface area (Å²) >= 11 is 0. The van der Waals surface area contributed by atoms with Crippen LogP contribution in [0.2, 0.25) is 0 Å². The Hall–Kier alpha value is -2.68. The largest absolute Gasteiger partial charge is 0.487 e. The van der Waals surface area contributed by atoms with Gasteiger partial charge in [-0.25, -0.2) is 13.6 Å². The number of halogens is 2. The van der Waals surface area contributed by atoms with Gasteiger partial charge in [-0.05, 0) is 25.3 Å². The topological polar surface area (TPSA) is 97.8 Å². The number of aromatic nitrogens is 1. The number of hydrogen-bond donors (Lipinski definition) is 2. The van der Waals surface area contributed by atoms with Crippen LogP contribution in [0, 0.1) is 17.6 Å². The van der Waals surface area contributed by atoms with Gasteiger partial charge in [-0.1, -0.05) is 0 Å². The molecule has 1 aliphatic carbocycles. The van der Waals surface area contributed by atoms with Gasteiger partial charge in [-0.2, -0.15) is 0 Å². The molecule has 0 bridgehead atoms. The second kappa shape index (κ2) is 4.98. The van der Waals surface area contributed by atoms with Crippen LogP contribution in [0.25, 0.3) is 10.9 Å². The fourth-order valence-electron chi connectivity index (χ4n) is 4.44. The molecule has 142 valence electrons. The minimum atomic E-state index is -1.49. The number of carboxylic acid groups (broad SMARTS) is 1. The van der Waals surface area contributed by atoms with Crippen LogP contribution in [-0.4, -0.2) is 40.9 Å². The van der Waals surface area contributed by atoms with Crippen molar-refractivity contribution in [2.45, 2.75) is 24.9 Å². The second-order valence-electron chi connectivity index (χ2n) is 7.78. The zero-order valence-electron chi connectivity index (χ0n) is 14.5. The average Bonchev–Trinajstić information content (AvgIpc) is 3.12. The number of hydrogen-bond acceptors (Lipinski definition) is 5. The van der Waals surface area contributed by atoms with Crippen molar-refractivity contribution < 1.29 is 23.4 Å². The van der Waals surface area contributed by atoms with Gasteiger partial charge in [0.25, 0.3) is 5.56 Å². The van der Waals surface area contributed by atoms with Gasteiger partial charge in [-0.15, -0.1) is 0 Å². The number of nitrogens with two attached hydrogens (primary N) is 1. The molecule has 27 heavy (non-hydrogen) atoms. The Morgan fingerprint density at radius 1 is 1.41 bits per heavy atom. The van der Waals surface area contributed by atoms with Gasteiger partial charge in [0.2, 0.25) is 0 Å². The van der Waals surface area contributed by atoms with Gasteiger partial charge in [0.05, 0.1) is 11.6 Å². The van der Waals surface area contributed by atoms with Crippen molar-refractivity contribution in [3.05, 3.63) is 33.6 Å². The average molecular weight is 377 g/mol. The molecular weight excluding hydrogens is 360 g/mol. The normalized spacial score (nSPS) is 28.2. The number of piperidine rings is 1. The molecule has 1 saturated heterocycles. The Kier molecular flexibility index (Phi) is 3.04. The van der Waals surface area contributed by atoms with Crippen LogP contribution >= 0.6 is 0 Å². The minimum Gasteiger partial charge on any atom is -0.487 e. The summed E-state index contributed by atoms with van der Waals surface area (Å²) in [5.41, 5.74) is 4.49. The van der Waals surface area contributed by atoms with Crippen LogP contribution in [0.3, 0.4) is 0 Å². The molecule has 1 aromatic carbocycles. The number of fused-ring (bicyclic) bond motifs is 1. The van der Waals surface area contributed by atoms with Crippen LogP contribution < -0.4 is 20.9 Å². The summed E-state index contributed by atoms with van der Waals surface area (Å²) in [6, 6.07) is 0.368. The van der Waals surface area contributed by atoms with Crippen LogP contribution in [0.5, 0.6) is 5.75 Å². The van der Waals surface area contributed by atoms with Gasteiger partial charge in [-0.3, -0.25) is 9.36 Å². The molecule has 3 atom stereocenters. The zero-order chi connectivity index (χ0) is 19.2. The summed E-state index contributed by atoms with van der Waals surface area (Å²) in [5, 5.41) is 9.01. The highest BCUT2D eigenvalue weighted by atomic mass is 19.2. The van der Waals surface area contributed by atoms with Crippen molar-refractivity contribution in [1.82, 2.24) is 4.57 Å². The molecule has 0 spiro atoms. The maximum Gasteiger partial charge on any atom is 0.341 e. The number of nitrogens with zero attached hydrogens (tertiary/aromatic N) is 2. The molecule has 2 unspecified atom stereocenters. The smallest absolute Gasteiger partial charge is 0.341 e. The molecule has 3 aliphatic rings. The third kappa shape index (κ3) is 2.03. The quantitative estimate of drug-likeness (QED) is 0.823. The fraction of sp³-hybridized carbons (Fsp3) is 0.444. The SMILES string of the molecule is C[C@H]1COc2c(N3CC4CC4(N)C3)c(F)c(F)c3cc(C(=O)O)c(=O)n1c23. The molecule has 0 amide bonds. The molecule has 3 N–H and O–H groups in total. The van der Waals surface area contributed by atoms with Crippen LogP contribution in [0.1, 0.15) is 29.7 Å². The minimum absolute atomic E-state index is 0.0415. The van der Waals surface area contributed by atoms with E-state index < -0.39 is 34.8 Å². The van der Waals surface area contributed by atoms with Crippen molar-refractivity contribution in [1.29, 1.82) is 0 Å². The van der Waals surface area contributed by atoms with Crippen molar-refractivity contribution in [2.75, 3.05) is 24.6 Å². The van der Waals surface area contributed by atoms with Gasteiger partial charge in [0.15, 0.2) is 17.4 Å². The maximum absolute atomic E-state index is 15.0. The standard InChI is InChI=1S/C18H17F2N3O4/c1-7-5-27-15-13-9(2-10(17(25)26)16(24)23(7)13)11(19)12(20)14(15)22-4-8-3-18(8,21)6-22/h2,7-8H,3-6,21H2,1H3,(H,25,26)/t7-,8?,18?/m0/s1. The maximum atomic E-state index is 15.0. The van der Waals surface area contributed by atoms with E-state index in [9.17, 15) is 19.1 Å². The lowest BCUT2D eigenvalue weighted by atomic mass is 10.1.